The SMILES string of the molecule is Cc1ccc(C(c2cc(C)c(Oc3ncccc3-c3ccnc(N[C@@H]4CNC[C@@](C)(F)C4)n3)c(F)c2F)S(N)(=O)=O)cc1. The van der Waals surface area contributed by atoms with Crippen LogP contribution in [0.5, 0.6) is 11.6 Å². The summed E-state index contributed by atoms with van der Waals surface area (Å²) >= 11 is 0. The number of anilines is 1. The molecule has 2 aromatic heterocycles. The summed E-state index contributed by atoms with van der Waals surface area (Å²) in [6.45, 7) is 5.59. The Morgan fingerprint density at radius 3 is 2.53 bits per heavy atom. The lowest BCUT2D eigenvalue weighted by Gasteiger charge is -2.33. The number of benzene rings is 2. The van der Waals surface area contributed by atoms with Gasteiger partial charge in [0, 0.05) is 43.5 Å². The van der Waals surface area contributed by atoms with Gasteiger partial charge in [0.2, 0.25) is 27.7 Å². The first-order valence-corrected chi connectivity index (χ1v) is 15.1. The summed E-state index contributed by atoms with van der Waals surface area (Å²) in [6.07, 6.45) is 3.19. The number of rotatable bonds is 8. The van der Waals surface area contributed by atoms with Gasteiger partial charge in [0.15, 0.2) is 11.6 Å². The Morgan fingerprint density at radius 2 is 1.84 bits per heavy atom. The number of primary sulfonamides is 1. The molecule has 43 heavy (non-hydrogen) atoms. The van der Waals surface area contributed by atoms with Crippen molar-refractivity contribution in [3.05, 3.63) is 94.8 Å². The number of aryl methyl sites for hydroxylation is 2. The third kappa shape index (κ3) is 6.79. The predicted molar refractivity (Wildman–Crippen MR) is 157 cm³/mol. The number of piperidine rings is 1. The van der Waals surface area contributed by atoms with Crippen molar-refractivity contribution >= 4 is 16.0 Å². The van der Waals surface area contributed by atoms with Crippen molar-refractivity contribution in [3.63, 3.8) is 0 Å². The Labute approximate surface area is 247 Å². The van der Waals surface area contributed by atoms with Crippen LogP contribution in [0.25, 0.3) is 11.3 Å². The summed E-state index contributed by atoms with van der Waals surface area (Å²) in [5.41, 5.74) is 0.0823. The molecule has 1 aliphatic heterocycles. The number of nitrogens with one attached hydrogen (secondary N) is 2. The number of aromatic nitrogens is 3. The molecule has 9 nitrogen and oxygen atoms in total. The molecule has 0 aliphatic carbocycles. The zero-order valence-corrected chi connectivity index (χ0v) is 24.6. The van der Waals surface area contributed by atoms with Crippen LogP contribution in [0.4, 0.5) is 19.1 Å². The second-order valence-corrected chi connectivity index (χ2v) is 12.6. The van der Waals surface area contributed by atoms with Gasteiger partial charge in [-0.3, -0.25) is 0 Å². The van der Waals surface area contributed by atoms with Crippen molar-refractivity contribution in [2.75, 3.05) is 18.4 Å². The fourth-order valence-electron chi connectivity index (χ4n) is 5.16. The fraction of sp³-hybridized carbons (Fsp3) is 0.300. The lowest BCUT2D eigenvalue weighted by molar-refractivity contribution is 0.137. The van der Waals surface area contributed by atoms with Crippen LogP contribution in [0, 0.1) is 25.5 Å². The molecule has 1 fully saturated rings. The molecule has 1 aliphatic rings. The summed E-state index contributed by atoms with van der Waals surface area (Å²) in [4.78, 5) is 13.0. The highest BCUT2D eigenvalue weighted by Crippen LogP contribution is 2.39. The van der Waals surface area contributed by atoms with E-state index in [9.17, 15) is 12.8 Å². The maximum absolute atomic E-state index is 15.6. The van der Waals surface area contributed by atoms with Crippen molar-refractivity contribution in [1.82, 2.24) is 20.3 Å². The standard InChI is InChI=1S/C30H31F3N6O3S/c1-17-6-8-19(9-7-17)27(43(34,40)41)22-13-18(2)26(25(32)24(22)31)42-28-21(5-4-11-36-28)23-10-12-37-29(39-23)38-20-14-30(3,33)16-35-15-20/h4-13,20,27,35H,14-16H2,1-3H3,(H2,34,40,41)(H,37,38,39)/t20-,27?,30-/m0/s1. The first-order chi connectivity index (χ1) is 20.3. The molecule has 2 aromatic carbocycles. The number of halogens is 3. The molecule has 0 bridgehead atoms. The highest BCUT2D eigenvalue weighted by Gasteiger charge is 2.33. The molecule has 0 radical (unpaired) electrons. The van der Waals surface area contributed by atoms with Crippen LogP contribution in [0.3, 0.4) is 0 Å². The van der Waals surface area contributed by atoms with Crippen LogP contribution < -0.4 is 20.5 Å². The summed E-state index contributed by atoms with van der Waals surface area (Å²) in [7, 11) is -4.38. The number of hydrogen-bond acceptors (Lipinski definition) is 8. The van der Waals surface area contributed by atoms with E-state index in [1.165, 1.54) is 44.4 Å². The average molecular weight is 613 g/mol. The molecular formula is C30H31F3N6O3S. The molecule has 4 N–H and O–H groups in total. The molecule has 3 atom stereocenters. The summed E-state index contributed by atoms with van der Waals surface area (Å²) in [5, 5.41) is 10.0. The monoisotopic (exact) mass is 612 g/mol. The highest BCUT2D eigenvalue weighted by atomic mass is 32.2. The van der Waals surface area contributed by atoms with Crippen LogP contribution in [-0.4, -0.2) is 48.2 Å². The fourth-order valence-corrected chi connectivity index (χ4v) is 6.22. The van der Waals surface area contributed by atoms with Gasteiger partial charge >= 0.3 is 0 Å². The maximum Gasteiger partial charge on any atom is 0.228 e. The molecule has 5 rings (SSSR count). The van der Waals surface area contributed by atoms with Crippen LogP contribution in [0.2, 0.25) is 0 Å². The van der Waals surface area contributed by atoms with Gasteiger partial charge in [-0.1, -0.05) is 29.8 Å². The number of hydrogen-bond donors (Lipinski definition) is 3. The molecule has 0 saturated carbocycles. The van der Waals surface area contributed by atoms with Gasteiger partial charge in [-0.15, -0.1) is 0 Å². The molecule has 0 spiro atoms. The first-order valence-electron chi connectivity index (χ1n) is 13.5. The Bertz CT molecular complexity index is 1750. The minimum atomic E-state index is -4.38. The van der Waals surface area contributed by atoms with Crippen molar-refractivity contribution in [2.24, 2.45) is 5.14 Å². The van der Waals surface area contributed by atoms with Crippen LogP contribution in [-0.2, 0) is 10.0 Å². The van der Waals surface area contributed by atoms with Crippen molar-refractivity contribution in [2.45, 2.75) is 44.2 Å². The second kappa shape index (κ2) is 11.9. The van der Waals surface area contributed by atoms with E-state index in [1.807, 2.05) is 6.92 Å². The minimum absolute atomic E-state index is 0.0708. The molecule has 3 heterocycles. The van der Waals surface area contributed by atoms with Gasteiger partial charge in [-0.05, 0) is 56.2 Å². The predicted octanol–water partition coefficient (Wildman–Crippen LogP) is 5.11. The van der Waals surface area contributed by atoms with Crippen molar-refractivity contribution in [3.8, 4) is 22.9 Å². The van der Waals surface area contributed by atoms with E-state index in [0.29, 0.717) is 17.8 Å². The second-order valence-electron chi connectivity index (χ2n) is 10.9. The third-order valence-corrected chi connectivity index (χ3v) is 8.34. The number of ether oxygens (including phenoxy) is 1. The summed E-state index contributed by atoms with van der Waals surface area (Å²) in [5.74, 6) is -3.09. The van der Waals surface area contributed by atoms with E-state index in [0.717, 1.165) is 5.56 Å². The Kier molecular flexibility index (Phi) is 8.41. The summed E-state index contributed by atoms with van der Waals surface area (Å²) in [6, 6.07) is 12.2. The molecule has 4 aromatic rings. The van der Waals surface area contributed by atoms with Gasteiger partial charge < -0.3 is 15.4 Å². The number of nitrogens with two attached hydrogens (primary N) is 1. The Balaban J connectivity index is 1.47. The minimum Gasteiger partial charge on any atom is -0.435 e. The van der Waals surface area contributed by atoms with E-state index in [1.54, 1.807) is 30.3 Å². The quantitative estimate of drug-likeness (QED) is 0.250. The van der Waals surface area contributed by atoms with Gasteiger partial charge in [0.1, 0.15) is 10.9 Å². The summed E-state index contributed by atoms with van der Waals surface area (Å²) < 4.78 is 76.6. The van der Waals surface area contributed by atoms with Gasteiger partial charge in [-0.2, -0.15) is 4.39 Å². The largest absolute Gasteiger partial charge is 0.435 e. The molecule has 0 amide bonds. The highest BCUT2D eigenvalue weighted by molar-refractivity contribution is 7.89. The van der Waals surface area contributed by atoms with E-state index < -0.39 is 43.9 Å². The van der Waals surface area contributed by atoms with Crippen molar-refractivity contribution < 1.29 is 26.3 Å². The van der Waals surface area contributed by atoms with E-state index in [4.69, 9.17) is 9.88 Å². The van der Waals surface area contributed by atoms with Gasteiger partial charge in [-0.25, -0.2) is 37.3 Å². The Hall–Kier alpha value is -4.07. The molecule has 13 heteroatoms. The number of pyridine rings is 1. The lowest BCUT2D eigenvalue weighted by Crippen LogP contribution is -2.50. The number of sulfonamides is 1. The Morgan fingerprint density at radius 1 is 1.09 bits per heavy atom. The van der Waals surface area contributed by atoms with Crippen LogP contribution >= 0.6 is 0 Å². The molecule has 226 valence electrons. The average Bonchev–Trinajstić information content (AvgIpc) is 2.94. The van der Waals surface area contributed by atoms with Crippen molar-refractivity contribution in [1.29, 1.82) is 0 Å². The lowest BCUT2D eigenvalue weighted by atomic mass is 9.95. The molecular weight excluding hydrogens is 581 g/mol. The van der Waals surface area contributed by atoms with Crippen LogP contribution in [0.1, 0.15) is 40.8 Å². The maximum atomic E-state index is 15.6. The van der Waals surface area contributed by atoms with Gasteiger partial charge in [0.25, 0.3) is 0 Å². The first kappa shape index (κ1) is 30.4. The number of nitrogens with zero attached hydrogens (tertiary/aromatic N) is 3. The zero-order valence-electron chi connectivity index (χ0n) is 23.7. The number of alkyl halides is 1. The van der Waals surface area contributed by atoms with Crippen LogP contribution in [0.15, 0.2) is 60.9 Å². The van der Waals surface area contributed by atoms with E-state index >= 15 is 8.78 Å². The van der Waals surface area contributed by atoms with Gasteiger partial charge in [0.05, 0.1) is 11.3 Å². The topological polar surface area (TPSA) is 132 Å². The zero-order chi connectivity index (χ0) is 30.9. The molecule has 1 saturated heterocycles. The van der Waals surface area contributed by atoms with E-state index in [-0.39, 0.29) is 42.0 Å². The third-order valence-electron chi connectivity index (χ3n) is 7.16. The molecule has 1 unspecified atom stereocenters. The normalized spacial score (nSPS) is 19.6. The van der Waals surface area contributed by atoms with E-state index in [2.05, 4.69) is 25.6 Å². The smallest absolute Gasteiger partial charge is 0.228 e.